The number of nitrogens with zero attached hydrogens (tertiary/aromatic N) is 2. The van der Waals surface area contributed by atoms with Crippen LogP contribution in [0.2, 0.25) is 0 Å². The fourth-order valence-corrected chi connectivity index (χ4v) is 3.32. The lowest BCUT2D eigenvalue weighted by Crippen LogP contribution is -2.54. The summed E-state index contributed by atoms with van der Waals surface area (Å²) in [5.74, 6) is 0.919. The molecule has 4 heteroatoms. The number of rotatable bonds is 2. The largest absolute Gasteiger partial charge is 0.333 e. The van der Waals surface area contributed by atoms with Gasteiger partial charge in [0.25, 0.3) is 0 Å². The van der Waals surface area contributed by atoms with Crippen LogP contribution < -0.4 is 5.32 Å². The second kappa shape index (κ2) is 5.29. The molecule has 2 aliphatic rings. The molecule has 0 spiro atoms. The number of carbonyl (C=O) groups excluding carboxylic acids is 1. The van der Waals surface area contributed by atoms with E-state index in [9.17, 15) is 4.79 Å². The molecule has 1 amide bonds. The number of aryl methyl sites for hydroxylation is 1. The zero-order chi connectivity index (χ0) is 13.2. The molecule has 2 unspecified atom stereocenters. The molecule has 2 aliphatic heterocycles. The van der Waals surface area contributed by atoms with Crippen molar-refractivity contribution in [3.8, 4) is 0 Å². The second-order valence-corrected chi connectivity index (χ2v) is 5.65. The molecule has 1 N–H and O–H groups in total. The number of pyridine rings is 1. The van der Waals surface area contributed by atoms with E-state index in [2.05, 4.69) is 15.2 Å². The number of fused-ring (bicyclic) bond motifs is 1. The third-order valence-electron chi connectivity index (χ3n) is 4.30. The van der Waals surface area contributed by atoms with Crippen LogP contribution in [0.1, 0.15) is 30.7 Å². The zero-order valence-corrected chi connectivity index (χ0v) is 11.4. The monoisotopic (exact) mass is 259 g/mol. The molecule has 19 heavy (non-hydrogen) atoms. The minimum absolute atomic E-state index is 0.298. The Labute approximate surface area is 114 Å². The summed E-state index contributed by atoms with van der Waals surface area (Å²) in [6.07, 6.45) is 2.80. The van der Waals surface area contributed by atoms with Gasteiger partial charge in [-0.15, -0.1) is 0 Å². The molecule has 0 radical (unpaired) electrons. The standard InChI is InChI=1S/C15H21N3O/c1-11-3-2-4-13(17-11)10-18-14-7-8-16-9-12(14)5-6-15(18)19/h2-4,12,14,16H,5-10H2,1H3. The summed E-state index contributed by atoms with van der Waals surface area (Å²) in [6, 6.07) is 6.44. The normalized spacial score (nSPS) is 27.2. The number of nitrogens with one attached hydrogen (secondary N) is 1. The molecule has 0 saturated carbocycles. The van der Waals surface area contributed by atoms with Gasteiger partial charge in [0, 0.05) is 18.2 Å². The van der Waals surface area contributed by atoms with Gasteiger partial charge in [0.1, 0.15) is 0 Å². The molecule has 0 aliphatic carbocycles. The Morgan fingerprint density at radius 2 is 2.32 bits per heavy atom. The third-order valence-corrected chi connectivity index (χ3v) is 4.30. The van der Waals surface area contributed by atoms with E-state index in [4.69, 9.17) is 0 Å². The van der Waals surface area contributed by atoms with Gasteiger partial charge in [-0.1, -0.05) is 6.07 Å². The fraction of sp³-hybridized carbons (Fsp3) is 0.600. The van der Waals surface area contributed by atoms with E-state index in [1.165, 1.54) is 0 Å². The Bertz CT molecular complexity index is 474. The van der Waals surface area contributed by atoms with E-state index in [-0.39, 0.29) is 0 Å². The summed E-state index contributed by atoms with van der Waals surface area (Å²) in [7, 11) is 0. The van der Waals surface area contributed by atoms with Gasteiger partial charge in [0.05, 0.1) is 12.2 Å². The third kappa shape index (κ3) is 2.63. The average molecular weight is 259 g/mol. The molecule has 3 rings (SSSR count). The van der Waals surface area contributed by atoms with Crippen molar-refractivity contribution in [2.75, 3.05) is 13.1 Å². The van der Waals surface area contributed by atoms with Crippen LogP contribution in [0.15, 0.2) is 18.2 Å². The molecule has 2 atom stereocenters. The molecular formula is C15H21N3O. The van der Waals surface area contributed by atoms with E-state index in [1.54, 1.807) is 0 Å². The average Bonchev–Trinajstić information content (AvgIpc) is 2.42. The van der Waals surface area contributed by atoms with Crippen LogP contribution >= 0.6 is 0 Å². The van der Waals surface area contributed by atoms with E-state index >= 15 is 0 Å². The first-order chi connectivity index (χ1) is 9.24. The highest BCUT2D eigenvalue weighted by molar-refractivity contribution is 5.77. The molecule has 0 bridgehead atoms. The van der Waals surface area contributed by atoms with E-state index in [0.29, 0.717) is 30.8 Å². The Morgan fingerprint density at radius 3 is 3.16 bits per heavy atom. The predicted molar refractivity (Wildman–Crippen MR) is 73.5 cm³/mol. The maximum Gasteiger partial charge on any atom is 0.223 e. The number of likely N-dealkylation sites (tertiary alicyclic amines) is 1. The van der Waals surface area contributed by atoms with Crippen molar-refractivity contribution < 1.29 is 4.79 Å². The van der Waals surface area contributed by atoms with Gasteiger partial charge < -0.3 is 10.2 Å². The molecule has 102 valence electrons. The smallest absolute Gasteiger partial charge is 0.223 e. The van der Waals surface area contributed by atoms with Crippen LogP contribution in [-0.4, -0.2) is 34.9 Å². The maximum absolute atomic E-state index is 12.2. The molecule has 3 heterocycles. The van der Waals surface area contributed by atoms with Crippen LogP contribution in [-0.2, 0) is 11.3 Å². The van der Waals surface area contributed by atoms with Gasteiger partial charge in [-0.3, -0.25) is 9.78 Å². The van der Waals surface area contributed by atoms with Crippen LogP contribution in [0.5, 0.6) is 0 Å². The highest BCUT2D eigenvalue weighted by Gasteiger charge is 2.37. The van der Waals surface area contributed by atoms with Gasteiger partial charge >= 0.3 is 0 Å². The van der Waals surface area contributed by atoms with Crippen molar-refractivity contribution in [2.24, 2.45) is 5.92 Å². The summed E-state index contributed by atoms with van der Waals surface area (Å²) in [6.45, 7) is 4.73. The highest BCUT2D eigenvalue weighted by Crippen LogP contribution is 2.29. The SMILES string of the molecule is Cc1cccc(CN2C(=O)CCC3CNCCC32)n1. The van der Waals surface area contributed by atoms with Gasteiger partial charge in [0.2, 0.25) is 5.91 Å². The summed E-state index contributed by atoms with van der Waals surface area (Å²) < 4.78 is 0. The number of hydrogen-bond acceptors (Lipinski definition) is 3. The molecular weight excluding hydrogens is 238 g/mol. The zero-order valence-electron chi connectivity index (χ0n) is 11.4. The van der Waals surface area contributed by atoms with Crippen molar-refractivity contribution in [3.05, 3.63) is 29.6 Å². The van der Waals surface area contributed by atoms with Crippen LogP contribution in [0, 0.1) is 12.8 Å². The molecule has 4 nitrogen and oxygen atoms in total. The lowest BCUT2D eigenvalue weighted by molar-refractivity contribution is -0.140. The Balaban J connectivity index is 1.78. The van der Waals surface area contributed by atoms with Crippen LogP contribution in [0.3, 0.4) is 0 Å². The Kier molecular flexibility index (Phi) is 3.51. The first kappa shape index (κ1) is 12.6. The van der Waals surface area contributed by atoms with E-state index < -0.39 is 0 Å². The molecule has 2 fully saturated rings. The van der Waals surface area contributed by atoms with Crippen molar-refractivity contribution in [1.82, 2.24) is 15.2 Å². The lowest BCUT2D eigenvalue weighted by atomic mass is 9.84. The first-order valence-electron chi connectivity index (χ1n) is 7.17. The minimum atomic E-state index is 0.298. The van der Waals surface area contributed by atoms with Crippen molar-refractivity contribution in [3.63, 3.8) is 0 Å². The summed E-state index contributed by atoms with van der Waals surface area (Å²) in [5, 5.41) is 3.44. The number of aromatic nitrogens is 1. The molecule has 0 aromatic carbocycles. The molecule has 1 aromatic rings. The van der Waals surface area contributed by atoms with Crippen molar-refractivity contribution >= 4 is 5.91 Å². The van der Waals surface area contributed by atoms with Gasteiger partial charge in [-0.2, -0.15) is 0 Å². The van der Waals surface area contributed by atoms with E-state index in [1.807, 2.05) is 25.1 Å². The number of hydrogen-bond donors (Lipinski definition) is 1. The van der Waals surface area contributed by atoms with E-state index in [0.717, 1.165) is 37.3 Å². The Morgan fingerprint density at radius 1 is 1.42 bits per heavy atom. The molecule has 2 saturated heterocycles. The lowest BCUT2D eigenvalue weighted by Gasteiger charge is -2.44. The maximum atomic E-state index is 12.2. The van der Waals surface area contributed by atoms with Gasteiger partial charge in [-0.05, 0) is 50.9 Å². The van der Waals surface area contributed by atoms with Crippen molar-refractivity contribution in [1.29, 1.82) is 0 Å². The summed E-state index contributed by atoms with van der Waals surface area (Å²) in [4.78, 5) is 18.8. The van der Waals surface area contributed by atoms with Crippen LogP contribution in [0.25, 0.3) is 0 Å². The van der Waals surface area contributed by atoms with Gasteiger partial charge in [-0.25, -0.2) is 0 Å². The number of piperidine rings is 2. The number of amides is 1. The van der Waals surface area contributed by atoms with Crippen LogP contribution in [0.4, 0.5) is 0 Å². The fourth-order valence-electron chi connectivity index (χ4n) is 3.32. The molecule has 1 aromatic heterocycles. The summed E-state index contributed by atoms with van der Waals surface area (Å²) in [5.41, 5.74) is 2.02. The number of carbonyl (C=O) groups is 1. The topological polar surface area (TPSA) is 45.2 Å². The summed E-state index contributed by atoms with van der Waals surface area (Å²) >= 11 is 0. The predicted octanol–water partition coefficient (Wildman–Crippen LogP) is 1.49. The second-order valence-electron chi connectivity index (χ2n) is 5.65. The minimum Gasteiger partial charge on any atom is -0.333 e. The Hall–Kier alpha value is -1.42. The van der Waals surface area contributed by atoms with Gasteiger partial charge in [0.15, 0.2) is 0 Å². The first-order valence-corrected chi connectivity index (χ1v) is 7.17. The van der Waals surface area contributed by atoms with Crippen molar-refractivity contribution in [2.45, 2.75) is 38.8 Å². The quantitative estimate of drug-likeness (QED) is 0.875. The highest BCUT2D eigenvalue weighted by atomic mass is 16.2.